The van der Waals surface area contributed by atoms with Gasteiger partial charge in [0.1, 0.15) is 0 Å². The van der Waals surface area contributed by atoms with Gasteiger partial charge in [-0.3, -0.25) is 4.79 Å². The van der Waals surface area contributed by atoms with E-state index >= 15 is 0 Å². The minimum Gasteiger partial charge on any atom is -0.348 e. The summed E-state index contributed by atoms with van der Waals surface area (Å²) >= 11 is 1.65. The number of carbonyl (C=O) groups is 1. The van der Waals surface area contributed by atoms with Gasteiger partial charge in [-0.25, -0.2) is 4.98 Å². The molecule has 0 aromatic carbocycles. The van der Waals surface area contributed by atoms with Gasteiger partial charge in [-0.1, -0.05) is 6.92 Å². The molecule has 0 saturated heterocycles. The van der Waals surface area contributed by atoms with Crippen LogP contribution >= 0.6 is 11.3 Å². The van der Waals surface area contributed by atoms with Crippen molar-refractivity contribution in [1.29, 1.82) is 0 Å². The predicted octanol–water partition coefficient (Wildman–Crippen LogP) is 2.33. The molecule has 0 bridgehead atoms. The zero-order valence-electron chi connectivity index (χ0n) is 11.8. The molecule has 1 rings (SSSR count). The molecule has 5 heteroatoms. The van der Waals surface area contributed by atoms with E-state index in [1.165, 1.54) is 0 Å². The number of aromatic nitrogens is 1. The van der Waals surface area contributed by atoms with E-state index in [1.807, 2.05) is 20.8 Å². The molecule has 18 heavy (non-hydrogen) atoms. The molecule has 1 heterocycles. The molecule has 0 aliphatic heterocycles. The Morgan fingerprint density at radius 3 is 2.56 bits per heavy atom. The van der Waals surface area contributed by atoms with Crippen LogP contribution in [0.25, 0.3) is 0 Å². The number of nitrogens with one attached hydrogen (secondary N) is 2. The topological polar surface area (TPSA) is 54.0 Å². The summed E-state index contributed by atoms with van der Waals surface area (Å²) in [6, 6.07) is 0.404. The Kier molecular flexibility index (Phi) is 5.75. The number of amides is 1. The van der Waals surface area contributed by atoms with Gasteiger partial charge in [0.25, 0.3) is 0 Å². The molecule has 4 nitrogen and oxygen atoms in total. The van der Waals surface area contributed by atoms with Crippen molar-refractivity contribution in [3.8, 4) is 0 Å². The molecule has 0 saturated carbocycles. The first-order valence-corrected chi connectivity index (χ1v) is 7.22. The molecular weight excluding hydrogens is 246 g/mol. The fraction of sp³-hybridized carbons (Fsp3) is 0.692. The highest BCUT2D eigenvalue weighted by atomic mass is 32.1. The SMILES string of the molecule is CCC(C)NCC(=O)NC(C)c1sc(C)nc1C. The summed E-state index contributed by atoms with van der Waals surface area (Å²) in [7, 11) is 0. The highest BCUT2D eigenvalue weighted by molar-refractivity contribution is 7.11. The first kappa shape index (κ1) is 15.1. The third-order valence-corrected chi connectivity index (χ3v) is 4.19. The zero-order chi connectivity index (χ0) is 13.7. The van der Waals surface area contributed by atoms with Crippen LogP contribution in [-0.2, 0) is 4.79 Å². The molecule has 102 valence electrons. The Labute approximate surface area is 113 Å². The Morgan fingerprint density at radius 1 is 1.39 bits per heavy atom. The number of aryl methyl sites for hydroxylation is 2. The van der Waals surface area contributed by atoms with Crippen molar-refractivity contribution in [2.45, 2.75) is 53.1 Å². The minimum atomic E-state index is 0.0300. The molecule has 2 N–H and O–H groups in total. The molecule has 1 amide bonds. The molecule has 1 aromatic rings. The molecule has 2 atom stereocenters. The average Bonchev–Trinajstić information content (AvgIpc) is 2.65. The second kappa shape index (κ2) is 6.85. The van der Waals surface area contributed by atoms with Crippen molar-refractivity contribution < 1.29 is 4.79 Å². The smallest absolute Gasteiger partial charge is 0.234 e. The minimum absolute atomic E-state index is 0.0300. The average molecular weight is 269 g/mol. The van der Waals surface area contributed by atoms with Gasteiger partial charge in [0.05, 0.1) is 23.3 Å². The van der Waals surface area contributed by atoms with E-state index in [1.54, 1.807) is 11.3 Å². The summed E-state index contributed by atoms with van der Waals surface area (Å²) in [4.78, 5) is 17.3. The van der Waals surface area contributed by atoms with Crippen molar-refractivity contribution in [2.75, 3.05) is 6.54 Å². The van der Waals surface area contributed by atoms with E-state index in [-0.39, 0.29) is 11.9 Å². The Morgan fingerprint density at radius 2 is 2.06 bits per heavy atom. The largest absolute Gasteiger partial charge is 0.348 e. The summed E-state index contributed by atoms with van der Waals surface area (Å²) in [6.45, 7) is 10.5. The molecule has 0 radical (unpaired) electrons. The molecular formula is C13H23N3OS. The lowest BCUT2D eigenvalue weighted by Gasteiger charge is -2.15. The van der Waals surface area contributed by atoms with Crippen molar-refractivity contribution in [2.24, 2.45) is 0 Å². The maximum atomic E-state index is 11.8. The number of nitrogens with zero attached hydrogens (tertiary/aromatic N) is 1. The highest BCUT2D eigenvalue weighted by Crippen LogP contribution is 2.24. The summed E-state index contributed by atoms with van der Waals surface area (Å²) in [5.74, 6) is 0.0354. The zero-order valence-corrected chi connectivity index (χ0v) is 12.6. The van der Waals surface area contributed by atoms with Crippen LogP contribution in [0.2, 0.25) is 0 Å². The summed E-state index contributed by atoms with van der Waals surface area (Å²) in [5, 5.41) is 7.23. The van der Waals surface area contributed by atoms with E-state index < -0.39 is 0 Å². The summed E-state index contributed by atoms with van der Waals surface area (Å²) < 4.78 is 0. The second-order valence-electron chi connectivity index (χ2n) is 4.66. The van der Waals surface area contributed by atoms with Gasteiger partial charge in [-0.2, -0.15) is 0 Å². The number of thiazole rings is 1. The molecule has 0 fully saturated rings. The van der Waals surface area contributed by atoms with Crippen molar-refractivity contribution in [3.63, 3.8) is 0 Å². The fourth-order valence-corrected chi connectivity index (χ4v) is 2.65. The van der Waals surface area contributed by atoms with Gasteiger partial charge < -0.3 is 10.6 Å². The van der Waals surface area contributed by atoms with Gasteiger partial charge in [-0.15, -0.1) is 11.3 Å². The van der Waals surface area contributed by atoms with Crippen molar-refractivity contribution in [1.82, 2.24) is 15.6 Å². The third-order valence-electron chi connectivity index (χ3n) is 2.93. The van der Waals surface area contributed by atoms with Crippen LogP contribution in [0.15, 0.2) is 0 Å². The van der Waals surface area contributed by atoms with E-state index in [4.69, 9.17) is 0 Å². The number of hydrogen-bond donors (Lipinski definition) is 2. The van der Waals surface area contributed by atoms with Gasteiger partial charge in [0.2, 0.25) is 5.91 Å². The van der Waals surface area contributed by atoms with E-state index in [0.29, 0.717) is 12.6 Å². The summed E-state index contributed by atoms with van der Waals surface area (Å²) in [5.41, 5.74) is 1.01. The molecule has 0 spiro atoms. The Balaban J connectivity index is 2.47. The molecule has 0 aliphatic carbocycles. The quantitative estimate of drug-likeness (QED) is 0.833. The lowest BCUT2D eigenvalue weighted by molar-refractivity contribution is -0.121. The maximum Gasteiger partial charge on any atom is 0.234 e. The van der Waals surface area contributed by atoms with Crippen LogP contribution in [0.1, 0.15) is 48.8 Å². The van der Waals surface area contributed by atoms with Gasteiger partial charge in [0.15, 0.2) is 0 Å². The molecule has 2 unspecified atom stereocenters. The van der Waals surface area contributed by atoms with Crippen LogP contribution in [0, 0.1) is 13.8 Å². The van der Waals surface area contributed by atoms with Gasteiger partial charge >= 0.3 is 0 Å². The summed E-state index contributed by atoms with van der Waals surface area (Å²) in [6.07, 6.45) is 1.02. The normalized spacial score (nSPS) is 14.3. The lowest BCUT2D eigenvalue weighted by atomic mass is 10.2. The van der Waals surface area contributed by atoms with E-state index in [2.05, 4.69) is 29.5 Å². The monoisotopic (exact) mass is 269 g/mol. The first-order chi connectivity index (χ1) is 8.43. The van der Waals surface area contributed by atoms with Crippen LogP contribution < -0.4 is 10.6 Å². The number of carbonyl (C=O) groups excluding carboxylic acids is 1. The maximum absolute atomic E-state index is 11.8. The second-order valence-corrected chi connectivity index (χ2v) is 5.90. The third kappa shape index (κ3) is 4.38. The van der Waals surface area contributed by atoms with Crippen molar-refractivity contribution >= 4 is 17.2 Å². The van der Waals surface area contributed by atoms with Crippen molar-refractivity contribution in [3.05, 3.63) is 15.6 Å². The van der Waals surface area contributed by atoms with Crippen LogP contribution in [0.4, 0.5) is 0 Å². The van der Waals surface area contributed by atoms with E-state index in [0.717, 1.165) is 22.0 Å². The molecule has 0 aliphatic rings. The number of hydrogen-bond acceptors (Lipinski definition) is 4. The van der Waals surface area contributed by atoms with Crippen LogP contribution in [-0.4, -0.2) is 23.5 Å². The highest BCUT2D eigenvalue weighted by Gasteiger charge is 2.15. The fourth-order valence-electron chi connectivity index (χ4n) is 1.72. The van der Waals surface area contributed by atoms with Gasteiger partial charge in [-0.05, 0) is 34.1 Å². The van der Waals surface area contributed by atoms with E-state index in [9.17, 15) is 4.79 Å². The van der Waals surface area contributed by atoms with Crippen LogP contribution in [0.5, 0.6) is 0 Å². The lowest BCUT2D eigenvalue weighted by Crippen LogP contribution is -2.38. The Bertz CT molecular complexity index is 403. The Hall–Kier alpha value is -0.940. The standard InChI is InChI=1S/C13H23N3OS/c1-6-8(2)14-7-12(17)16-10(4)13-9(3)15-11(5)18-13/h8,10,14H,6-7H2,1-5H3,(H,16,17). The first-order valence-electron chi connectivity index (χ1n) is 6.40. The predicted molar refractivity (Wildman–Crippen MR) is 75.9 cm³/mol. The molecule has 1 aromatic heterocycles. The van der Waals surface area contributed by atoms with Gasteiger partial charge in [0, 0.05) is 10.9 Å². The van der Waals surface area contributed by atoms with Crippen LogP contribution in [0.3, 0.4) is 0 Å². The number of rotatable bonds is 6.